The van der Waals surface area contributed by atoms with Crippen LogP contribution in [0.1, 0.15) is 12.0 Å². The molecule has 0 fully saturated rings. The fraction of sp³-hybridized carbons (Fsp3) is 0.125. The fourth-order valence-electron chi connectivity index (χ4n) is 3.17. The van der Waals surface area contributed by atoms with Crippen LogP contribution in [0.3, 0.4) is 0 Å². The van der Waals surface area contributed by atoms with Crippen molar-refractivity contribution in [1.29, 1.82) is 0 Å². The van der Waals surface area contributed by atoms with E-state index < -0.39 is 0 Å². The second kappa shape index (κ2) is 8.32. The summed E-state index contributed by atoms with van der Waals surface area (Å²) in [7, 11) is 0. The number of halogens is 1. The van der Waals surface area contributed by atoms with Crippen molar-refractivity contribution in [2.24, 2.45) is 0 Å². The van der Waals surface area contributed by atoms with Gasteiger partial charge in [-0.05, 0) is 36.6 Å². The Morgan fingerprint density at radius 1 is 0.893 bits per heavy atom. The van der Waals surface area contributed by atoms with Crippen molar-refractivity contribution in [3.05, 3.63) is 99.9 Å². The van der Waals surface area contributed by atoms with E-state index in [-0.39, 0.29) is 5.43 Å². The fourth-order valence-corrected chi connectivity index (χ4v) is 3.41. The Bertz CT molecular complexity index is 1150. The largest absolute Gasteiger partial charge is 0.493 e. The van der Waals surface area contributed by atoms with Crippen molar-refractivity contribution >= 4 is 22.6 Å². The highest BCUT2D eigenvalue weighted by molar-refractivity contribution is 6.33. The molecule has 0 saturated heterocycles. The van der Waals surface area contributed by atoms with Crippen LogP contribution in [0.5, 0.6) is 5.75 Å². The Morgan fingerprint density at radius 3 is 2.50 bits per heavy atom. The molecule has 1 aromatic heterocycles. The molecule has 0 aliphatic rings. The average Bonchev–Trinajstić information content (AvgIpc) is 2.73. The number of benzene rings is 3. The van der Waals surface area contributed by atoms with E-state index >= 15 is 0 Å². The van der Waals surface area contributed by atoms with E-state index in [4.69, 9.17) is 20.8 Å². The van der Waals surface area contributed by atoms with Gasteiger partial charge < -0.3 is 9.15 Å². The van der Waals surface area contributed by atoms with Gasteiger partial charge in [0.1, 0.15) is 17.6 Å². The first-order valence-electron chi connectivity index (χ1n) is 9.19. The summed E-state index contributed by atoms with van der Waals surface area (Å²) < 4.78 is 11.5. The van der Waals surface area contributed by atoms with E-state index in [9.17, 15) is 4.79 Å². The molecule has 0 spiro atoms. The predicted octanol–water partition coefficient (Wildman–Crippen LogP) is 6.13. The highest BCUT2D eigenvalue weighted by Crippen LogP contribution is 2.27. The summed E-state index contributed by atoms with van der Waals surface area (Å²) in [5.41, 5.74) is 2.81. The normalized spacial score (nSPS) is 10.9. The lowest BCUT2D eigenvalue weighted by Gasteiger charge is -2.08. The summed E-state index contributed by atoms with van der Waals surface area (Å²) in [5, 5.41) is 1.03. The van der Waals surface area contributed by atoms with E-state index in [1.54, 1.807) is 24.3 Å². The molecule has 0 saturated carbocycles. The van der Waals surface area contributed by atoms with Gasteiger partial charge in [-0.25, -0.2) is 0 Å². The minimum atomic E-state index is -0.107. The number of hydrogen-bond acceptors (Lipinski definition) is 3. The zero-order chi connectivity index (χ0) is 19.3. The lowest BCUT2D eigenvalue weighted by molar-refractivity contribution is 0.311. The van der Waals surface area contributed by atoms with Gasteiger partial charge in [0.15, 0.2) is 0 Å². The number of rotatable bonds is 6. The third-order valence-electron chi connectivity index (χ3n) is 4.63. The van der Waals surface area contributed by atoms with Gasteiger partial charge in [-0.2, -0.15) is 0 Å². The van der Waals surface area contributed by atoms with E-state index in [0.717, 1.165) is 12.8 Å². The Morgan fingerprint density at radius 2 is 1.68 bits per heavy atom. The van der Waals surface area contributed by atoms with Gasteiger partial charge in [-0.3, -0.25) is 4.79 Å². The smallest absolute Gasteiger partial charge is 0.200 e. The van der Waals surface area contributed by atoms with Crippen LogP contribution in [0.2, 0.25) is 5.02 Å². The molecule has 0 atom stereocenters. The number of aryl methyl sites for hydroxylation is 1. The van der Waals surface area contributed by atoms with E-state index in [2.05, 4.69) is 12.1 Å². The minimum Gasteiger partial charge on any atom is -0.493 e. The van der Waals surface area contributed by atoms with Crippen LogP contribution in [-0.2, 0) is 6.42 Å². The van der Waals surface area contributed by atoms with Crippen LogP contribution in [0.4, 0.5) is 0 Å². The number of fused-ring (bicyclic) bond motifs is 1. The molecule has 140 valence electrons. The zero-order valence-corrected chi connectivity index (χ0v) is 16.0. The second-order valence-corrected chi connectivity index (χ2v) is 6.96. The molecule has 0 bridgehead atoms. The van der Waals surface area contributed by atoms with Crippen LogP contribution < -0.4 is 10.2 Å². The van der Waals surface area contributed by atoms with Crippen LogP contribution in [0, 0.1) is 0 Å². The van der Waals surface area contributed by atoms with Crippen molar-refractivity contribution in [3.8, 4) is 16.9 Å². The molecule has 4 heteroatoms. The molecule has 4 rings (SSSR count). The minimum absolute atomic E-state index is 0.107. The molecule has 3 aromatic carbocycles. The maximum absolute atomic E-state index is 12.9. The van der Waals surface area contributed by atoms with Gasteiger partial charge in [-0.1, -0.05) is 60.1 Å². The van der Waals surface area contributed by atoms with Gasteiger partial charge in [0, 0.05) is 16.7 Å². The summed E-state index contributed by atoms with van der Waals surface area (Å²) in [5.74, 6) is 0.689. The van der Waals surface area contributed by atoms with Crippen molar-refractivity contribution in [2.45, 2.75) is 12.8 Å². The summed E-state index contributed by atoms with van der Waals surface area (Å²) in [6.07, 6.45) is 3.34. The quantitative estimate of drug-likeness (QED) is 0.372. The molecule has 0 aliphatic carbocycles. The van der Waals surface area contributed by atoms with Crippen molar-refractivity contribution in [1.82, 2.24) is 0 Å². The number of hydrogen-bond donors (Lipinski definition) is 0. The van der Waals surface area contributed by atoms with Crippen molar-refractivity contribution in [2.75, 3.05) is 6.61 Å². The maximum Gasteiger partial charge on any atom is 0.200 e. The molecule has 28 heavy (non-hydrogen) atoms. The van der Waals surface area contributed by atoms with Crippen LogP contribution in [-0.4, -0.2) is 6.61 Å². The predicted molar refractivity (Wildman–Crippen MR) is 113 cm³/mol. The first-order chi connectivity index (χ1) is 13.7. The highest BCUT2D eigenvalue weighted by Gasteiger charge is 2.12. The Kier molecular flexibility index (Phi) is 5.45. The summed E-state index contributed by atoms with van der Waals surface area (Å²) in [4.78, 5) is 12.9. The first kappa shape index (κ1) is 18.3. The standard InChI is InChI=1S/C24H19ClO3/c25-22-11-5-4-10-19(22)21-16-28-23-15-18(12-13-20(23)24(21)26)27-14-6-9-17-7-2-1-3-8-17/h1-5,7-8,10-13,15-16H,6,9,14H2. The molecule has 1 heterocycles. The Labute approximate surface area is 168 Å². The first-order valence-corrected chi connectivity index (χ1v) is 9.57. The molecular weight excluding hydrogens is 372 g/mol. The lowest BCUT2D eigenvalue weighted by Crippen LogP contribution is -2.05. The molecule has 0 amide bonds. The molecule has 4 aromatic rings. The lowest BCUT2D eigenvalue weighted by atomic mass is 10.1. The molecule has 0 N–H and O–H groups in total. The zero-order valence-electron chi connectivity index (χ0n) is 15.2. The van der Waals surface area contributed by atoms with Gasteiger partial charge in [0.25, 0.3) is 0 Å². The van der Waals surface area contributed by atoms with Crippen molar-refractivity contribution < 1.29 is 9.15 Å². The molecule has 3 nitrogen and oxygen atoms in total. The maximum atomic E-state index is 12.9. The monoisotopic (exact) mass is 390 g/mol. The molecule has 0 unspecified atom stereocenters. The van der Waals surface area contributed by atoms with E-state index in [0.29, 0.717) is 39.5 Å². The molecule has 0 radical (unpaired) electrons. The van der Waals surface area contributed by atoms with E-state index in [1.807, 2.05) is 36.4 Å². The van der Waals surface area contributed by atoms with Gasteiger partial charge in [0.05, 0.1) is 17.6 Å². The summed E-state index contributed by atoms with van der Waals surface area (Å²) in [6, 6.07) is 22.9. The summed E-state index contributed by atoms with van der Waals surface area (Å²) >= 11 is 6.22. The Hall–Kier alpha value is -3.04. The molecular formula is C24H19ClO3. The summed E-state index contributed by atoms with van der Waals surface area (Å²) in [6.45, 7) is 0.600. The van der Waals surface area contributed by atoms with Crippen LogP contribution in [0.15, 0.2) is 88.3 Å². The second-order valence-electron chi connectivity index (χ2n) is 6.55. The van der Waals surface area contributed by atoms with Crippen LogP contribution >= 0.6 is 11.6 Å². The van der Waals surface area contributed by atoms with Crippen molar-refractivity contribution in [3.63, 3.8) is 0 Å². The average molecular weight is 391 g/mol. The van der Waals surface area contributed by atoms with Gasteiger partial charge in [-0.15, -0.1) is 0 Å². The SMILES string of the molecule is O=c1c(-c2ccccc2Cl)coc2cc(OCCCc3ccccc3)ccc12. The van der Waals surface area contributed by atoms with Gasteiger partial charge >= 0.3 is 0 Å². The topological polar surface area (TPSA) is 39.4 Å². The highest BCUT2D eigenvalue weighted by atomic mass is 35.5. The number of ether oxygens (including phenoxy) is 1. The third kappa shape index (κ3) is 3.95. The van der Waals surface area contributed by atoms with Crippen LogP contribution in [0.25, 0.3) is 22.1 Å². The Balaban J connectivity index is 1.50. The van der Waals surface area contributed by atoms with Gasteiger partial charge in [0.2, 0.25) is 5.43 Å². The third-order valence-corrected chi connectivity index (χ3v) is 4.96. The molecule has 0 aliphatic heterocycles. The van der Waals surface area contributed by atoms with E-state index in [1.165, 1.54) is 11.8 Å².